The minimum atomic E-state index is 0.365. The minimum absolute atomic E-state index is 0.365. The monoisotopic (exact) mass is 330 g/mol. The van der Waals surface area contributed by atoms with Gasteiger partial charge in [0.15, 0.2) is 0 Å². The molecule has 1 atom stereocenters. The Morgan fingerprint density at radius 1 is 1.25 bits per heavy atom. The second-order valence-corrected chi connectivity index (χ2v) is 6.03. The normalized spacial score (nSPS) is 20.0. The van der Waals surface area contributed by atoms with E-state index in [-0.39, 0.29) is 0 Å². The van der Waals surface area contributed by atoms with E-state index >= 15 is 0 Å². The van der Waals surface area contributed by atoms with Crippen LogP contribution in [0.2, 0.25) is 0 Å². The Balaban J connectivity index is 1.84. The number of halogens is 1. The smallest absolute Gasteiger partial charge is 0.0664 e. The Bertz CT molecular complexity index is 582. The van der Waals surface area contributed by atoms with Gasteiger partial charge in [-0.25, -0.2) is 0 Å². The van der Waals surface area contributed by atoms with E-state index < -0.39 is 0 Å². The number of rotatable bonds is 2. The lowest BCUT2D eigenvalue weighted by Gasteiger charge is -2.32. The highest BCUT2D eigenvalue weighted by Crippen LogP contribution is 2.27. The van der Waals surface area contributed by atoms with Gasteiger partial charge in [0.1, 0.15) is 0 Å². The highest BCUT2D eigenvalue weighted by Gasteiger charge is 2.20. The third kappa shape index (κ3) is 2.95. The van der Waals surface area contributed by atoms with Gasteiger partial charge in [-0.15, -0.1) is 0 Å². The topological polar surface area (TPSA) is 12.5 Å². The molecular formula is C17H17BrNO. The highest BCUT2D eigenvalue weighted by molar-refractivity contribution is 9.10. The van der Waals surface area contributed by atoms with E-state index in [1.807, 2.05) is 12.1 Å². The zero-order valence-corrected chi connectivity index (χ0v) is 13.1. The molecule has 2 aromatic rings. The summed E-state index contributed by atoms with van der Waals surface area (Å²) in [5.74, 6) is 0. The van der Waals surface area contributed by atoms with Gasteiger partial charge in [0, 0.05) is 11.0 Å². The minimum Gasteiger partial charge on any atom is -0.378 e. The van der Waals surface area contributed by atoms with Crippen LogP contribution in [0, 0.1) is 6.07 Å². The molecule has 3 heteroatoms. The SMILES string of the molecule is CN1CCOCC1c1ccc(-c2[c]ccc(Br)c2)cc1. The molecule has 1 saturated heterocycles. The van der Waals surface area contributed by atoms with Crippen LogP contribution < -0.4 is 0 Å². The second-order valence-electron chi connectivity index (χ2n) is 5.11. The maximum atomic E-state index is 5.58. The van der Waals surface area contributed by atoms with Crippen LogP contribution in [0.15, 0.2) is 46.9 Å². The number of hydrogen-bond donors (Lipinski definition) is 0. The fourth-order valence-electron chi connectivity index (χ4n) is 2.53. The maximum absolute atomic E-state index is 5.58. The van der Waals surface area contributed by atoms with Gasteiger partial charge >= 0.3 is 0 Å². The average molecular weight is 331 g/mol. The van der Waals surface area contributed by atoms with Crippen LogP contribution in [-0.2, 0) is 4.74 Å². The Kier molecular flexibility index (Phi) is 4.20. The Morgan fingerprint density at radius 3 is 2.75 bits per heavy atom. The first-order chi connectivity index (χ1) is 9.74. The van der Waals surface area contributed by atoms with Crippen molar-refractivity contribution in [1.82, 2.24) is 4.90 Å². The number of hydrogen-bond acceptors (Lipinski definition) is 2. The van der Waals surface area contributed by atoms with Crippen LogP contribution in [0.1, 0.15) is 11.6 Å². The predicted octanol–water partition coefficient (Wildman–Crippen LogP) is 3.92. The van der Waals surface area contributed by atoms with Crippen molar-refractivity contribution in [1.29, 1.82) is 0 Å². The van der Waals surface area contributed by atoms with Crippen molar-refractivity contribution < 1.29 is 4.74 Å². The van der Waals surface area contributed by atoms with Crippen molar-refractivity contribution in [3.05, 3.63) is 58.6 Å². The number of ether oxygens (including phenoxy) is 1. The molecule has 0 N–H and O–H groups in total. The van der Waals surface area contributed by atoms with E-state index in [9.17, 15) is 0 Å². The summed E-state index contributed by atoms with van der Waals surface area (Å²) < 4.78 is 6.66. The molecule has 20 heavy (non-hydrogen) atoms. The average Bonchev–Trinajstić information content (AvgIpc) is 2.48. The second kappa shape index (κ2) is 6.08. The number of morpholine rings is 1. The van der Waals surface area contributed by atoms with Crippen molar-refractivity contribution in [3.63, 3.8) is 0 Å². The van der Waals surface area contributed by atoms with Crippen molar-refractivity contribution in [3.8, 4) is 11.1 Å². The fourth-order valence-corrected chi connectivity index (χ4v) is 2.89. The van der Waals surface area contributed by atoms with E-state index in [0.29, 0.717) is 6.04 Å². The highest BCUT2D eigenvalue weighted by atomic mass is 79.9. The molecule has 1 fully saturated rings. The molecule has 1 heterocycles. The van der Waals surface area contributed by atoms with Gasteiger partial charge in [0.05, 0.1) is 19.3 Å². The summed E-state index contributed by atoms with van der Waals surface area (Å²) in [7, 11) is 2.16. The summed E-state index contributed by atoms with van der Waals surface area (Å²) in [6.45, 7) is 2.60. The molecule has 0 saturated carbocycles. The van der Waals surface area contributed by atoms with Crippen LogP contribution in [0.25, 0.3) is 11.1 Å². The third-order valence-electron chi connectivity index (χ3n) is 3.77. The Morgan fingerprint density at radius 2 is 2.05 bits per heavy atom. The molecule has 3 rings (SSSR count). The summed E-state index contributed by atoms with van der Waals surface area (Å²) in [4.78, 5) is 2.35. The van der Waals surface area contributed by atoms with Gasteiger partial charge in [-0.2, -0.15) is 0 Å². The molecule has 2 aromatic carbocycles. The number of benzene rings is 2. The molecule has 2 nitrogen and oxygen atoms in total. The van der Waals surface area contributed by atoms with E-state index in [0.717, 1.165) is 29.8 Å². The van der Waals surface area contributed by atoms with E-state index in [4.69, 9.17) is 4.74 Å². The maximum Gasteiger partial charge on any atom is 0.0664 e. The quantitative estimate of drug-likeness (QED) is 0.827. The molecule has 103 valence electrons. The molecular weight excluding hydrogens is 314 g/mol. The molecule has 0 amide bonds. The molecule has 0 aliphatic carbocycles. The molecule has 1 aliphatic rings. The van der Waals surface area contributed by atoms with Crippen LogP contribution in [0.4, 0.5) is 0 Å². The zero-order chi connectivity index (χ0) is 13.9. The first-order valence-corrected chi connectivity index (χ1v) is 7.59. The lowest BCUT2D eigenvalue weighted by atomic mass is 10.00. The van der Waals surface area contributed by atoms with Crippen molar-refractivity contribution >= 4 is 15.9 Å². The van der Waals surface area contributed by atoms with Gasteiger partial charge in [-0.3, -0.25) is 4.90 Å². The van der Waals surface area contributed by atoms with E-state index in [2.05, 4.69) is 64.3 Å². The van der Waals surface area contributed by atoms with Gasteiger partial charge in [0.25, 0.3) is 0 Å². The standard InChI is InChI=1S/C17H17BrNO/c1-19-9-10-20-12-17(19)14-7-5-13(6-8-14)15-3-2-4-16(18)11-15/h2,4-8,11,17H,9-10,12H2,1H3. The van der Waals surface area contributed by atoms with Gasteiger partial charge < -0.3 is 4.74 Å². The number of likely N-dealkylation sites (N-methyl/N-ethyl adjacent to an activating group) is 1. The summed E-state index contributed by atoms with van der Waals surface area (Å²) in [5.41, 5.74) is 3.61. The molecule has 0 spiro atoms. The van der Waals surface area contributed by atoms with Crippen LogP contribution in [-0.4, -0.2) is 31.7 Å². The van der Waals surface area contributed by atoms with E-state index in [1.165, 1.54) is 11.1 Å². The third-order valence-corrected chi connectivity index (χ3v) is 4.26. The Hall–Kier alpha value is -1.16. The predicted molar refractivity (Wildman–Crippen MR) is 84.6 cm³/mol. The van der Waals surface area contributed by atoms with Crippen molar-refractivity contribution in [2.24, 2.45) is 0 Å². The first kappa shape index (κ1) is 13.8. The largest absolute Gasteiger partial charge is 0.378 e. The lowest BCUT2D eigenvalue weighted by molar-refractivity contribution is 0.00506. The summed E-state index contributed by atoms with van der Waals surface area (Å²) in [6, 6.07) is 18.4. The van der Waals surface area contributed by atoms with Crippen LogP contribution in [0.5, 0.6) is 0 Å². The summed E-state index contributed by atoms with van der Waals surface area (Å²) in [5, 5.41) is 0. The summed E-state index contributed by atoms with van der Waals surface area (Å²) in [6.07, 6.45) is 0. The van der Waals surface area contributed by atoms with Gasteiger partial charge in [-0.1, -0.05) is 46.3 Å². The Labute approximate surface area is 128 Å². The van der Waals surface area contributed by atoms with Crippen molar-refractivity contribution in [2.45, 2.75) is 6.04 Å². The fraction of sp³-hybridized carbons (Fsp3) is 0.294. The molecule has 0 aromatic heterocycles. The summed E-state index contributed by atoms with van der Waals surface area (Å²) >= 11 is 3.50. The molecule has 1 radical (unpaired) electrons. The number of nitrogens with zero attached hydrogens (tertiary/aromatic N) is 1. The van der Waals surface area contributed by atoms with Crippen molar-refractivity contribution in [2.75, 3.05) is 26.8 Å². The molecule has 0 bridgehead atoms. The lowest BCUT2D eigenvalue weighted by Crippen LogP contribution is -2.36. The molecule has 1 aliphatic heterocycles. The zero-order valence-electron chi connectivity index (χ0n) is 11.5. The molecule has 1 unspecified atom stereocenters. The van der Waals surface area contributed by atoms with Gasteiger partial charge in [0.2, 0.25) is 0 Å². The first-order valence-electron chi connectivity index (χ1n) is 6.79. The van der Waals surface area contributed by atoms with E-state index in [1.54, 1.807) is 0 Å². The van der Waals surface area contributed by atoms with Crippen LogP contribution >= 0.6 is 15.9 Å². The van der Waals surface area contributed by atoms with Crippen LogP contribution in [0.3, 0.4) is 0 Å². The van der Waals surface area contributed by atoms with Gasteiger partial charge in [-0.05, 0) is 41.9 Å².